The Morgan fingerprint density at radius 1 is 1.12 bits per heavy atom. The molecule has 2 aromatic carbocycles. The molecule has 0 atom stereocenters. The lowest BCUT2D eigenvalue weighted by Gasteiger charge is -2.31. The van der Waals surface area contributed by atoms with Crippen molar-refractivity contribution < 1.29 is 13.9 Å². The number of carbonyl (C=O) groups excluding carboxylic acids is 1. The third-order valence-corrected chi connectivity index (χ3v) is 6.43. The van der Waals surface area contributed by atoms with Gasteiger partial charge in [0.25, 0.3) is 5.91 Å². The van der Waals surface area contributed by atoms with Gasteiger partial charge in [-0.2, -0.15) is 11.8 Å². The Morgan fingerprint density at radius 2 is 1.85 bits per heavy atom. The van der Waals surface area contributed by atoms with E-state index >= 15 is 0 Å². The molecule has 2 fully saturated rings. The topological polar surface area (TPSA) is 38.3 Å². The summed E-state index contributed by atoms with van der Waals surface area (Å²) in [6, 6.07) is 13.9. The third kappa shape index (κ3) is 3.58. The number of benzene rings is 2. The first-order valence-corrected chi connectivity index (χ1v) is 10.2. The molecule has 26 heavy (non-hydrogen) atoms. The molecule has 1 N–H and O–H groups in total. The minimum atomic E-state index is -0.475. The van der Waals surface area contributed by atoms with E-state index in [1.165, 1.54) is 6.07 Å². The van der Waals surface area contributed by atoms with Gasteiger partial charge in [0.15, 0.2) is 0 Å². The van der Waals surface area contributed by atoms with Crippen molar-refractivity contribution in [2.45, 2.75) is 37.3 Å². The van der Waals surface area contributed by atoms with E-state index in [9.17, 15) is 9.18 Å². The van der Waals surface area contributed by atoms with Crippen LogP contribution in [0.4, 0.5) is 4.39 Å². The molecule has 0 radical (unpaired) electrons. The van der Waals surface area contributed by atoms with Crippen LogP contribution in [0.3, 0.4) is 0 Å². The highest BCUT2D eigenvalue weighted by atomic mass is 32.2. The smallest absolute Gasteiger partial charge is 0.251 e. The minimum Gasteiger partial charge on any atom is -0.489 e. The summed E-state index contributed by atoms with van der Waals surface area (Å²) < 4.78 is 19.5. The number of amides is 1. The molecule has 0 spiro atoms. The maximum Gasteiger partial charge on any atom is 0.251 e. The van der Waals surface area contributed by atoms with E-state index in [4.69, 9.17) is 4.74 Å². The lowest BCUT2D eigenvalue weighted by atomic mass is 9.87. The number of hydrogen-bond acceptors (Lipinski definition) is 3. The van der Waals surface area contributed by atoms with Crippen LogP contribution in [0.25, 0.3) is 0 Å². The van der Waals surface area contributed by atoms with Crippen molar-refractivity contribution in [1.82, 2.24) is 5.32 Å². The molecule has 0 aromatic heterocycles. The SMILES string of the molecule is O=C(NC1(c2cccc(F)c2)CCCC1)c1ccc(OC2CSC2)cc1. The summed E-state index contributed by atoms with van der Waals surface area (Å²) in [5.41, 5.74) is 0.978. The van der Waals surface area contributed by atoms with Gasteiger partial charge < -0.3 is 10.1 Å². The molecule has 2 aromatic rings. The van der Waals surface area contributed by atoms with Crippen LogP contribution in [0.1, 0.15) is 41.6 Å². The standard InChI is InChI=1S/C21H22FNO2S/c22-17-5-3-4-16(12-17)21(10-1-2-11-21)23-20(24)15-6-8-18(9-7-15)25-19-13-26-14-19/h3-9,12,19H,1-2,10-11,13-14H2,(H,23,24). The number of thioether (sulfide) groups is 1. The van der Waals surface area contributed by atoms with Gasteiger partial charge in [0.2, 0.25) is 0 Å². The van der Waals surface area contributed by atoms with Gasteiger partial charge in [-0.1, -0.05) is 25.0 Å². The molecule has 1 aliphatic carbocycles. The van der Waals surface area contributed by atoms with Crippen molar-refractivity contribution >= 4 is 17.7 Å². The summed E-state index contributed by atoms with van der Waals surface area (Å²) in [5.74, 6) is 2.46. The van der Waals surface area contributed by atoms with Crippen LogP contribution in [-0.4, -0.2) is 23.5 Å². The maximum absolute atomic E-state index is 13.7. The molecule has 1 saturated carbocycles. The monoisotopic (exact) mass is 371 g/mol. The van der Waals surface area contributed by atoms with Gasteiger partial charge in [0, 0.05) is 17.1 Å². The summed E-state index contributed by atoms with van der Waals surface area (Å²) in [6.07, 6.45) is 4.02. The molecular formula is C21H22FNO2S. The van der Waals surface area contributed by atoms with Crippen LogP contribution in [0.5, 0.6) is 5.75 Å². The molecule has 1 amide bonds. The first-order valence-electron chi connectivity index (χ1n) is 9.08. The number of nitrogens with one attached hydrogen (secondary N) is 1. The van der Waals surface area contributed by atoms with Crippen LogP contribution in [0.15, 0.2) is 48.5 Å². The van der Waals surface area contributed by atoms with Crippen molar-refractivity contribution in [2.24, 2.45) is 0 Å². The zero-order chi connectivity index (χ0) is 18.0. The van der Waals surface area contributed by atoms with Crippen molar-refractivity contribution in [3.05, 3.63) is 65.5 Å². The van der Waals surface area contributed by atoms with Crippen LogP contribution in [0, 0.1) is 5.82 Å². The van der Waals surface area contributed by atoms with E-state index in [1.54, 1.807) is 24.3 Å². The molecule has 1 aliphatic heterocycles. The van der Waals surface area contributed by atoms with Gasteiger partial charge in [-0.3, -0.25) is 4.79 Å². The molecule has 0 unspecified atom stereocenters. The van der Waals surface area contributed by atoms with Gasteiger partial charge in [-0.05, 0) is 54.8 Å². The van der Waals surface area contributed by atoms with E-state index in [2.05, 4.69) is 5.32 Å². The number of halogens is 1. The Bertz CT molecular complexity index is 783. The first-order chi connectivity index (χ1) is 12.6. The fourth-order valence-corrected chi connectivity index (χ4v) is 4.26. The molecule has 4 rings (SSSR count). The molecule has 1 saturated heterocycles. The van der Waals surface area contributed by atoms with Gasteiger partial charge in [-0.25, -0.2) is 4.39 Å². The predicted molar refractivity (Wildman–Crippen MR) is 102 cm³/mol. The molecular weight excluding hydrogens is 349 g/mol. The summed E-state index contributed by atoms with van der Waals surface area (Å²) in [6.45, 7) is 0. The fraction of sp³-hybridized carbons (Fsp3) is 0.381. The number of rotatable bonds is 5. The minimum absolute atomic E-state index is 0.123. The van der Waals surface area contributed by atoms with Crippen molar-refractivity contribution in [3.8, 4) is 5.75 Å². The quantitative estimate of drug-likeness (QED) is 0.840. The van der Waals surface area contributed by atoms with Gasteiger partial charge in [0.05, 0.1) is 5.54 Å². The first kappa shape index (κ1) is 17.4. The Labute approximate surface area is 157 Å². The summed E-state index contributed by atoms with van der Waals surface area (Å²) in [7, 11) is 0. The molecule has 2 aliphatic rings. The Hall–Kier alpha value is -2.01. The molecule has 1 heterocycles. The largest absolute Gasteiger partial charge is 0.489 e. The zero-order valence-corrected chi connectivity index (χ0v) is 15.4. The lowest BCUT2D eigenvalue weighted by Crippen LogP contribution is -2.43. The Morgan fingerprint density at radius 3 is 2.46 bits per heavy atom. The van der Waals surface area contributed by atoms with E-state index in [0.29, 0.717) is 5.56 Å². The Balaban J connectivity index is 1.49. The normalized spacial score (nSPS) is 19.0. The average molecular weight is 371 g/mol. The van der Waals surface area contributed by atoms with Crippen molar-refractivity contribution in [1.29, 1.82) is 0 Å². The predicted octanol–water partition coefficient (Wildman–Crippen LogP) is 4.52. The summed E-state index contributed by atoms with van der Waals surface area (Å²) >= 11 is 1.87. The third-order valence-electron chi connectivity index (χ3n) is 5.21. The number of ether oxygens (including phenoxy) is 1. The second kappa shape index (κ2) is 7.31. The zero-order valence-electron chi connectivity index (χ0n) is 14.5. The lowest BCUT2D eigenvalue weighted by molar-refractivity contribution is 0.0898. The summed E-state index contributed by atoms with van der Waals surface area (Å²) in [4.78, 5) is 12.8. The Kier molecular flexibility index (Phi) is 4.90. The number of carbonyl (C=O) groups is 1. The van der Waals surface area contributed by atoms with Crippen molar-refractivity contribution in [2.75, 3.05) is 11.5 Å². The molecule has 3 nitrogen and oxygen atoms in total. The second-order valence-corrected chi connectivity index (χ2v) is 8.13. The van der Waals surface area contributed by atoms with Crippen LogP contribution >= 0.6 is 11.8 Å². The van der Waals surface area contributed by atoms with E-state index in [-0.39, 0.29) is 17.8 Å². The maximum atomic E-state index is 13.7. The molecule has 136 valence electrons. The van der Waals surface area contributed by atoms with Gasteiger partial charge in [-0.15, -0.1) is 0 Å². The van der Waals surface area contributed by atoms with Crippen LogP contribution in [-0.2, 0) is 5.54 Å². The van der Waals surface area contributed by atoms with E-state index in [0.717, 1.165) is 48.5 Å². The van der Waals surface area contributed by atoms with Gasteiger partial charge in [0.1, 0.15) is 17.7 Å². The van der Waals surface area contributed by atoms with Gasteiger partial charge >= 0.3 is 0 Å². The van der Waals surface area contributed by atoms with E-state index < -0.39 is 5.54 Å². The summed E-state index contributed by atoms with van der Waals surface area (Å²) in [5, 5.41) is 3.19. The molecule has 0 bridgehead atoms. The highest BCUT2D eigenvalue weighted by Gasteiger charge is 2.37. The highest BCUT2D eigenvalue weighted by Crippen LogP contribution is 2.39. The highest BCUT2D eigenvalue weighted by molar-refractivity contribution is 8.00. The second-order valence-electron chi connectivity index (χ2n) is 7.06. The van der Waals surface area contributed by atoms with Crippen molar-refractivity contribution in [3.63, 3.8) is 0 Å². The molecule has 5 heteroatoms. The van der Waals surface area contributed by atoms with E-state index in [1.807, 2.05) is 30.0 Å². The average Bonchev–Trinajstić information content (AvgIpc) is 3.08. The van der Waals surface area contributed by atoms with Crippen LogP contribution in [0.2, 0.25) is 0 Å². The number of hydrogen-bond donors (Lipinski definition) is 1. The fourth-order valence-electron chi connectivity index (χ4n) is 3.70. The van der Waals surface area contributed by atoms with Crippen LogP contribution < -0.4 is 10.1 Å².